The van der Waals surface area contributed by atoms with Crippen molar-refractivity contribution in [1.82, 2.24) is 10.2 Å². The SMILES string of the molecule is CCC(C)C(NC(=O)OC(C)(C)C)C(=O)N(C(C)C)C(C(=O)Nc1ccccc1C)c1cccc(O)c1. The van der Waals surface area contributed by atoms with Crippen LogP contribution in [-0.4, -0.2) is 45.6 Å². The van der Waals surface area contributed by atoms with E-state index in [9.17, 15) is 19.5 Å². The third-order valence-corrected chi connectivity index (χ3v) is 6.08. The maximum absolute atomic E-state index is 14.1. The summed E-state index contributed by atoms with van der Waals surface area (Å²) in [6.07, 6.45) is -0.0854. The molecule has 0 saturated carbocycles. The van der Waals surface area contributed by atoms with Gasteiger partial charge >= 0.3 is 6.09 Å². The molecular weight excluding hydrogens is 470 g/mol. The molecule has 3 amide bonds. The van der Waals surface area contributed by atoms with Gasteiger partial charge in [-0.1, -0.05) is 50.6 Å². The molecular formula is C29H41N3O5. The number of carbonyl (C=O) groups is 3. The fourth-order valence-corrected chi connectivity index (χ4v) is 4.01. The van der Waals surface area contributed by atoms with E-state index < -0.39 is 41.6 Å². The number of benzene rings is 2. The van der Waals surface area contributed by atoms with E-state index in [1.165, 1.54) is 17.0 Å². The number of rotatable bonds is 9. The molecule has 0 aliphatic rings. The van der Waals surface area contributed by atoms with Gasteiger partial charge < -0.3 is 25.4 Å². The topological polar surface area (TPSA) is 108 Å². The second kappa shape index (κ2) is 12.6. The highest BCUT2D eigenvalue weighted by atomic mass is 16.6. The van der Waals surface area contributed by atoms with Crippen molar-refractivity contribution < 1.29 is 24.2 Å². The van der Waals surface area contributed by atoms with Gasteiger partial charge in [-0.25, -0.2) is 4.79 Å². The Balaban J connectivity index is 2.55. The van der Waals surface area contributed by atoms with Crippen molar-refractivity contribution in [3.8, 4) is 5.75 Å². The Kier molecular flexibility index (Phi) is 10.1. The Morgan fingerprint density at radius 1 is 1.03 bits per heavy atom. The van der Waals surface area contributed by atoms with E-state index in [2.05, 4.69) is 10.6 Å². The molecule has 3 N–H and O–H groups in total. The van der Waals surface area contributed by atoms with Gasteiger partial charge in [0.2, 0.25) is 5.91 Å². The van der Waals surface area contributed by atoms with Gasteiger partial charge in [0.05, 0.1) is 0 Å². The highest BCUT2D eigenvalue weighted by Crippen LogP contribution is 2.30. The van der Waals surface area contributed by atoms with E-state index in [1.807, 2.05) is 52.8 Å². The molecule has 2 aromatic rings. The minimum atomic E-state index is -1.06. The van der Waals surface area contributed by atoms with Gasteiger partial charge in [0.25, 0.3) is 5.91 Å². The van der Waals surface area contributed by atoms with Crippen molar-refractivity contribution in [1.29, 1.82) is 0 Å². The monoisotopic (exact) mass is 511 g/mol. The quantitative estimate of drug-likeness (QED) is 0.409. The molecule has 0 saturated heterocycles. The van der Waals surface area contributed by atoms with Gasteiger partial charge in [0.1, 0.15) is 23.4 Å². The lowest BCUT2D eigenvalue weighted by molar-refractivity contribution is -0.144. The van der Waals surface area contributed by atoms with E-state index in [4.69, 9.17) is 4.74 Å². The van der Waals surface area contributed by atoms with Crippen LogP contribution in [0.4, 0.5) is 10.5 Å². The number of aryl methyl sites for hydroxylation is 1. The van der Waals surface area contributed by atoms with Crippen LogP contribution in [0, 0.1) is 12.8 Å². The minimum absolute atomic E-state index is 0.0206. The summed E-state index contributed by atoms with van der Waals surface area (Å²) in [5.41, 5.74) is 1.21. The summed E-state index contributed by atoms with van der Waals surface area (Å²) < 4.78 is 5.42. The van der Waals surface area contributed by atoms with Crippen LogP contribution in [0.25, 0.3) is 0 Å². The number of nitrogens with one attached hydrogen (secondary N) is 2. The Labute approximate surface area is 220 Å². The number of nitrogens with zero attached hydrogens (tertiary/aromatic N) is 1. The maximum atomic E-state index is 14.1. The largest absolute Gasteiger partial charge is 0.508 e. The summed E-state index contributed by atoms with van der Waals surface area (Å²) >= 11 is 0. The molecule has 8 heteroatoms. The summed E-state index contributed by atoms with van der Waals surface area (Å²) in [4.78, 5) is 42.1. The average molecular weight is 512 g/mol. The average Bonchev–Trinajstić information content (AvgIpc) is 2.80. The lowest BCUT2D eigenvalue weighted by atomic mass is 9.94. The number of alkyl carbamates (subject to hydrolysis) is 1. The number of phenols is 1. The van der Waals surface area contributed by atoms with Crippen LogP contribution >= 0.6 is 0 Å². The zero-order valence-corrected chi connectivity index (χ0v) is 23.2. The zero-order valence-electron chi connectivity index (χ0n) is 23.2. The van der Waals surface area contributed by atoms with Gasteiger partial charge in [0, 0.05) is 11.7 Å². The fraction of sp³-hybridized carbons (Fsp3) is 0.483. The Morgan fingerprint density at radius 2 is 1.68 bits per heavy atom. The van der Waals surface area contributed by atoms with Crippen LogP contribution < -0.4 is 10.6 Å². The van der Waals surface area contributed by atoms with Crippen molar-refractivity contribution in [2.45, 2.75) is 85.5 Å². The molecule has 0 heterocycles. The van der Waals surface area contributed by atoms with Crippen LogP contribution in [0.2, 0.25) is 0 Å². The second-order valence-electron chi connectivity index (χ2n) is 10.7. The third-order valence-electron chi connectivity index (χ3n) is 6.08. The van der Waals surface area contributed by atoms with Gasteiger partial charge in [-0.15, -0.1) is 0 Å². The highest BCUT2D eigenvalue weighted by molar-refractivity contribution is 5.99. The maximum Gasteiger partial charge on any atom is 0.408 e. The smallest absolute Gasteiger partial charge is 0.408 e. The first kappa shape index (κ1) is 29.7. The molecule has 0 radical (unpaired) electrons. The first-order chi connectivity index (χ1) is 17.2. The zero-order chi connectivity index (χ0) is 27.9. The third kappa shape index (κ3) is 8.23. The summed E-state index contributed by atoms with van der Waals surface area (Å²) in [6.45, 7) is 14.6. The number of phenolic OH excluding ortho intramolecular Hbond substituents is 1. The molecule has 0 bridgehead atoms. The predicted octanol–water partition coefficient (Wildman–Crippen LogP) is 5.56. The molecule has 0 spiro atoms. The predicted molar refractivity (Wildman–Crippen MR) is 145 cm³/mol. The number of carbonyl (C=O) groups excluding carboxylic acids is 3. The molecule has 0 aromatic heterocycles. The van der Waals surface area contributed by atoms with E-state index in [0.29, 0.717) is 17.7 Å². The van der Waals surface area contributed by atoms with E-state index in [0.717, 1.165) is 5.56 Å². The molecule has 2 rings (SSSR count). The van der Waals surface area contributed by atoms with Gasteiger partial charge in [-0.05, 0) is 76.8 Å². The van der Waals surface area contributed by atoms with Gasteiger partial charge in [-0.2, -0.15) is 0 Å². The second-order valence-corrected chi connectivity index (χ2v) is 10.7. The van der Waals surface area contributed by atoms with Crippen LogP contribution in [0.3, 0.4) is 0 Å². The molecule has 202 valence electrons. The summed E-state index contributed by atoms with van der Waals surface area (Å²) in [5, 5.41) is 15.9. The summed E-state index contributed by atoms with van der Waals surface area (Å²) in [7, 11) is 0. The number of aromatic hydroxyl groups is 1. The Bertz CT molecular complexity index is 1090. The van der Waals surface area contributed by atoms with Crippen molar-refractivity contribution in [2.24, 2.45) is 5.92 Å². The first-order valence-corrected chi connectivity index (χ1v) is 12.7. The van der Waals surface area contributed by atoms with Crippen LogP contribution in [0.5, 0.6) is 5.75 Å². The highest BCUT2D eigenvalue weighted by Gasteiger charge is 2.39. The number of amides is 3. The van der Waals surface area contributed by atoms with Crippen molar-refractivity contribution in [2.75, 3.05) is 5.32 Å². The molecule has 8 nitrogen and oxygen atoms in total. The Hall–Kier alpha value is -3.55. The van der Waals surface area contributed by atoms with Crippen LogP contribution in [0.1, 0.15) is 72.1 Å². The van der Waals surface area contributed by atoms with Gasteiger partial charge in [-0.3, -0.25) is 9.59 Å². The molecule has 3 unspecified atom stereocenters. The Morgan fingerprint density at radius 3 is 2.22 bits per heavy atom. The summed E-state index contributed by atoms with van der Waals surface area (Å²) in [5.74, 6) is -1.09. The molecule has 0 aliphatic carbocycles. The van der Waals surface area contributed by atoms with Crippen LogP contribution in [-0.2, 0) is 14.3 Å². The molecule has 0 fully saturated rings. The molecule has 0 aliphatic heterocycles. The number of para-hydroxylation sites is 1. The molecule has 2 aromatic carbocycles. The number of hydrogen-bond acceptors (Lipinski definition) is 5. The number of anilines is 1. The van der Waals surface area contributed by atoms with E-state index in [1.54, 1.807) is 39.0 Å². The first-order valence-electron chi connectivity index (χ1n) is 12.7. The van der Waals surface area contributed by atoms with E-state index >= 15 is 0 Å². The molecule has 37 heavy (non-hydrogen) atoms. The van der Waals surface area contributed by atoms with Crippen LogP contribution in [0.15, 0.2) is 48.5 Å². The minimum Gasteiger partial charge on any atom is -0.508 e. The fourth-order valence-electron chi connectivity index (χ4n) is 4.01. The van der Waals surface area contributed by atoms with E-state index in [-0.39, 0.29) is 11.7 Å². The lowest BCUT2D eigenvalue weighted by Crippen LogP contribution is -2.56. The van der Waals surface area contributed by atoms with Crippen molar-refractivity contribution >= 4 is 23.6 Å². The number of hydrogen-bond donors (Lipinski definition) is 3. The molecule has 3 atom stereocenters. The summed E-state index contributed by atoms with van der Waals surface area (Å²) in [6, 6.07) is 11.3. The normalized spacial score (nSPS) is 13.9. The van der Waals surface area contributed by atoms with Crippen molar-refractivity contribution in [3.05, 3.63) is 59.7 Å². The lowest BCUT2D eigenvalue weighted by Gasteiger charge is -2.38. The van der Waals surface area contributed by atoms with Crippen molar-refractivity contribution in [3.63, 3.8) is 0 Å². The number of ether oxygens (including phenoxy) is 1. The standard InChI is InChI=1S/C29H41N3O5/c1-9-19(4)24(31-28(36)37-29(6,7)8)27(35)32(18(2)3)25(21-14-12-15-22(33)17-21)26(34)30-23-16-11-10-13-20(23)5/h10-19,24-25,33H,9H2,1-8H3,(H,30,34)(H,31,36). The van der Waals surface area contributed by atoms with Gasteiger partial charge in [0.15, 0.2) is 0 Å².